The molecule has 0 fully saturated rings. The highest BCUT2D eigenvalue weighted by Gasteiger charge is 2.09. The number of benzene rings is 1. The second kappa shape index (κ2) is 5.32. The van der Waals surface area contributed by atoms with Gasteiger partial charge in [0.2, 0.25) is 0 Å². The number of halogens is 1. The number of sulfone groups is 1. The van der Waals surface area contributed by atoms with Gasteiger partial charge in [-0.15, -0.1) is 11.6 Å². The molecule has 88 valence electrons. The van der Waals surface area contributed by atoms with E-state index < -0.39 is 9.84 Å². The normalized spacial score (nSPS) is 11.1. The summed E-state index contributed by atoms with van der Waals surface area (Å²) in [5.74, 6) is 0.0772. The zero-order valence-electron chi connectivity index (χ0n) is 8.73. The van der Waals surface area contributed by atoms with Crippen molar-refractivity contribution >= 4 is 27.3 Å². The molecule has 1 amide bonds. The molecule has 6 heteroatoms. The molecule has 1 aromatic rings. The van der Waals surface area contributed by atoms with E-state index in [1.54, 1.807) is 0 Å². The summed E-state index contributed by atoms with van der Waals surface area (Å²) in [7, 11) is -3.22. The lowest BCUT2D eigenvalue weighted by Crippen LogP contribution is -2.25. The number of nitrogens with one attached hydrogen (secondary N) is 1. The van der Waals surface area contributed by atoms with Gasteiger partial charge in [-0.2, -0.15) is 0 Å². The van der Waals surface area contributed by atoms with Gasteiger partial charge in [0.05, 0.1) is 4.90 Å². The highest BCUT2D eigenvalue weighted by molar-refractivity contribution is 7.90. The SMILES string of the molecule is CS(=O)(=O)c1ccc(C(=O)NCCCl)cc1. The second-order valence-electron chi connectivity index (χ2n) is 3.24. The van der Waals surface area contributed by atoms with Gasteiger partial charge in [0.25, 0.3) is 5.91 Å². The summed E-state index contributed by atoms with van der Waals surface area (Å²) in [4.78, 5) is 11.6. The Balaban J connectivity index is 2.83. The minimum atomic E-state index is -3.22. The molecule has 1 rings (SSSR count). The first kappa shape index (κ1) is 13.0. The molecular weight excluding hydrogens is 250 g/mol. The van der Waals surface area contributed by atoms with E-state index >= 15 is 0 Å². The first-order valence-corrected chi connectivity index (χ1v) is 7.02. The van der Waals surface area contributed by atoms with Gasteiger partial charge in [-0.05, 0) is 24.3 Å². The molecule has 0 radical (unpaired) electrons. The Kier molecular flexibility index (Phi) is 4.32. The molecule has 0 aliphatic carbocycles. The van der Waals surface area contributed by atoms with Gasteiger partial charge in [0.15, 0.2) is 9.84 Å². The van der Waals surface area contributed by atoms with Gasteiger partial charge < -0.3 is 5.32 Å². The summed E-state index contributed by atoms with van der Waals surface area (Å²) in [5.41, 5.74) is 0.414. The molecule has 0 saturated carbocycles. The predicted octanol–water partition coefficient (Wildman–Crippen LogP) is 1.06. The van der Waals surface area contributed by atoms with E-state index in [9.17, 15) is 13.2 Å². The van der Waals surface area contributed by atoms with E-state index in [2.05, 4.69) is 5.32 Å². The molecular formula is C10H12ClNO3S. The lowest BCUT2D eigenvalue weighted by molar-refractivity contribution is 0.0956. The van der Waals surface area contributed by atoms with Crippen LogP contribution < -0.4 is 5.32 Å². The van der Waals surface area contributed by atoms with Crippen LogP contribution in [0.2, 0.25) is 0 Å². The van der Waals surface area contributed by atoms with Gasteiger partial charge >= 0.3 is 0 Å². The Morgan fingerprint density at radius 2 is 1.88 bits per heavy atom. The number of carbonyl (C=O) groups excluding carboxylic acids is 1. The standard InChI is InChI=1S/C10H12ClNO3S/c1-16(14,15)9-4-2-8(3-5-9)10(13)12-7-6-11/h2-5H,6-7H2,1H3,(H,12,13). The van der Waals surface area contributed by atoms with Crippen LogP contribution in [0.25, 0.3) is 0 Å². The van der Waals surface area contributed by atoms with Crippen molar-refractivity contribution in [2.75, 3.05) is 18.7 Å². The summed E-state index contributed by atoms with van der Waals surface area (Å²) in [5, 5.41) is 2.59. The van der Waals surface area contributed by atoms with Crippen molar-refractivity contribution in [3.8, 4) is 0 Å². The summed E-state index contributed by atoms with van der Waals surface area (Å²) in [6.45, 7) is 0.383. The quantitative estimate of drug-likeness (QED) is 0.825. The smallest absolute Gasteiger partial charge is 0.251 e. The number of carbonyl (C=O) groups is 1. The van der Waals surface area contributed by atoms with Crippen LogP contribution in [0.1, 0.15) is 10.4 Å². The molecule has 4 nitrogen and oxygen atoms in total. The minimum absolute atomic E-state index is 0.196. The number of amides is 1. The Bertz CT molecular complexity index is 467. The van der Waals surface area contributed by atoms with E-state index in [1.807, 2.05) is 0 Å². The lowest BCUT2D eigenvalue weighted by atomic mass is 10.2. The number of hydrogen-bond donors (Lipinski definition) is 1. The monoisotopic (exact) mass is 261 g/mol. The third-order valence-corrected chi connectivity index (χ3v) is 3.24. The van der Waals surface area contributed by atoms with Crippen LogP contribution in [-0.2, 0) is 9.84 Å². The predicted molar refractivity (Wildman–Crippen MR) is 62.6 cm³/mol. The van der Waals surface area contributed by atoms with E-state index in [0.717, 1.165) is 6.26 Å². The van der Waals surface area contributed by atoms with E-state index in [1.165, 1.54) is 24.3 Å². The minimum Gasteiger partial charge on any atom is -0.351 e. The van der Waals surface area contributed by atoms with E-state index in [-0.39, 0.29) is 10.8 Å². The fourth-order valence-electron chi connectivity index (χ4n) is 1.12. The van der Waals surface area contributed by atoms with Crippen molar-refractivity contribution in [3.63, 3.8) is 0 Å². The lowest BCUT2D eigenvalue weighted by Gasteiger charge is -2.03. The molecule has 0 spiro atoms. The summed E-state index contributed by atoms with van der Waals surface area (Å²) in [6, 6.07) is 5.76. The molecule has 1 N–H and O–H groups in total. The highest BCUT2D eigenvalue weighted by Crippen LogP contribution is 2.10. The van der Waals surface area contributed by atoms with Crippen LogP contribution in [0.4, 0.5) is 0 Å². The van der Waals surface area contributed by atoms with Gasteiger partial charge in [-0.3, -0.25) is 4.79 Å². The van der Waals surface area contributed by atoms with Crippen molar-refractivity contribution in [2.45, 2.75) is 4.90 Å². The summed E-state index contributed by atoms with van der Waals surface area (Å²) >= 11 is 5.42. The zero-order chi connectivity index (χ0) is 12.2. The van der Waals surface area contributed by atoms with Crippen molar-refractivity contribution in [2.24, 2.45) is 0 Å². The molecule has 0 saturated heterocycles. The topological polar surface area (TPSA) is 63.2 Å². The maximum absolute atomic E-state index is 11.4. The zero-order valence-corrected chi connectivity index (χ0v) is 10.3. The maximum Gasteiger partial charge on any atom is 0.251 e. The number of alkyl halides is 1. The maximum atomic E-state index is 11.4. The molecule has 16 heavy (non-hydrogen) atoms. The first-order chi connectivity index (χ1) is 7.45. The van der Waals surface area contributed by atoms with Crippen LogP contribution in [0, 0.1) is 0 Å². The van der Waals surface area contributed by atoms with Crippen LogP contribution in [-0.4, -0.2) is 33.0 Å². The molecule has 0 aliphatic rings. The average Bonchev–Trinajstić information content (AvgIpc) is 2.25. The van der Waals surface area contributed by atoms with Crippen LogP contribution in [0.5, 0.6) is 0 Å². The van der Waals surface area contributed by atoms with Gasteiger partial charge in [0.1, 0.15) is 0 Å². The summed E-state index contributed by atoms with van der Waals surface area (Å²) < 4.78 is 22.3. The largest absolute Gasteiger partial charge is 0.351 e. The fourth-order valence-corrected chi connectivity index (χ4v) is 1.84. The van der Waals surface area contributed by atoms with Crippen molar-refractivity contribution in [1.29, 1.82) is 0 Å². The molecule has 0 atom stereocenters. The number of rotatable bonds is 4. The molecule has 0 heterocycles. The Morgan fingerprint density at radius 1 is 1.31 bits per heavy atom. The molecule has 0 aromatic heterocycles. The Hall–Kier alpha value is -1.07. The van der Waals surface area contributed by atoms with E-state index in [4.69, 9.17) is 11.6 Å². The highest BCUT2D eigenvalue weighted by atomic mass is 35.5. The van der Waals surface area contributed by atoms with Crippen LogP contribution in [0.15, 0.2) is 29.2 Å². The van der Waals surface area contributed by atoms with Crippen LogP contribution in [0.3, 0.4) is 0 Å². The van der Waals surface area contributed by atoms with Crippen molar-refractivity contribution in [3.05, 3.63) is 29.8 Å². The average molecular weight is 262 g/mol. The fraction of sp³-hybridized carbons (Fsp3) is 0.300. The molecule has 0 bridgehead atoms. The van der Waals surface area contributed by atoms with Crippen LogP contribution >= 0.6 is 11.6 Å². The third-order valence-electron chi connectivity index (χ3n) is 1.92. The van der Waals surface area contributed by atoms with Gasteiger partial charge in [-0.25, -0.2) is 8.42 Å². The van der Waals surface area contributed by atoms with E-state index in [0.29, 0.717) is 18.0 Å². The molecule has 0 unspecified atom stereocenters. The Labute approximate surface area is 99.5 Å². The number of hydrogen-bond acceptors (Lipinski definition) is 3. The van der Waals surface area contributed by atoms with Gasteiger partial charge in [-0.1, -0.05) is 0 Å². The van der Waals surface area contributed by atoms with Crippen molar-refractivity contribution in [1.82, 2.24) is 5.32 Å². The summed E-state index contributed by atoms with van der Waals surface area (Å²) in [6.07, 6.45) is 1.12. The molecule has 1 aromatic carbocycles. The molecule has 0 aliphatic heterocycles. The second-order valence-corrected chi connectivity index (χ2v) is 5.64. The third kappa shape index (κ3) is 3.50. The Morgan fingerprint density at radius 3 is 2.31 bits per heavy atom. The first-order valence-electron chi connectivity index (χ1n) is 4.59. The van der Waals surface area contributed by atoms with Gasteiger partial charge in [0, 0.05) is 24.2 Å². The van der Waals surface area contributed by atoms with Crippen molar-refractivity contribution < 1.29 is 13.2 Å².